The maximum Gasteiger partial charge on any atom is 0.272 e. The molecule has 2 N–H and O–H groups in total. The molecular formula is C18H26N4O. The van der Waals surface area contributed by atoms with Crippen LogP contribution in [0.3, 0.4) is 0 Å². The van der Waals surface area contributed by atoms with Gasteiger partial charge in [-0.2, -0.15) is 5.10 Å². The van der Waals surface area contributed by atoms with Gasteiger partial charge in [-0.25, -0.2) is 0 Å². The number of nitrogens with zero attached hydrogens (tertiary/aromatic N) is 2. The third kappa shape index (κ3) is 4.93. The van der Waals surface area contributed by atoms with Gasteiger partial charge in [0, 0.05) is 18.8 Å². The van der Waals surface area contributed by atoms with E-state index in [0.717, 1.165) is 37.3 Å². The molecule has 0 saturated heterocycles. The van der Waals surface area contributed by atoms with Crippen molar-refractivity contribution in [3.63, 3.8) is 0 Å². The molecule has 0 saturated carbocycles. The summed E-state index contributed by atoms with van der Waals surface area (Å²) in [6, 6.07) is 10.2. The van der Waals surface area contributed by atoms with Crippen molar-refractivity contribution in [3.8, 4) is 0 Å². The maximum absolute atomic E-state index is 12.1. The number of carbonyl (C=O) groups excluding carboxylic acids is 1. The van der Waals surface area contributed by atoms with E-state index in [1.807, 2.05) is 19.1 Å². The lowest BCUT2D eigenvalue weighted by molar-refractivity contribution is 0.0946. The number of H-pyrrole nitrogens is 1. The Labute approximate surface area is 138 Å². The SMILES string of the molecule is CCc1cc(C(=O)NCc2cccc(CN(CC)CC)c2)n[nH]1. The molecule has 0 atom stereocenters. The van der Waals surface area contributed by atoms with Gasteiger partial charge in [-0.3, -0.25) is 14.8 Å². The van der Waals surface area contributed by atoms with Crippen LogP contribution in [0.2, 0.25) is 0 Å². The number of aryl methyl sites for hydroxylation is 1. The van der Waals surface area contributed by atoms with E-state index >= 15 is 0 Å². The lowest BCUT2D eigenvalue weighted by atomic mass is 10.1. The summed E-state index contributed by atoms with van der Waals surface area (Å²) in [5, 5.41) is 9.82. The molecule has 1 amide bonds. The molecule has 1 aromatic carbocycles. The summed E-state index contributed by atoms with van der Waals surface area (Å²) < 4.78 is 0. The summed E-state index contributed by atoms with van der Waals surface area (Å²) in [6.45, 7) is 9.89. The Balaban J connectivity index is 1.93. The summed E-state index contributed by atoms with van der Waals surface area (Å²) in [4.78, 5) is 14.5. The third-order valence-electron chi connectivity index (χ3n) is 3.99. The van der Waals surface area contributed by atoms with Crippen LogP contribution in [-0.2, 0) is 19.5 Å². The number of hydrogen-bond donors (Lipinski definition) is 2. The van der Waals surface area contributed by atoms with Gasteiger partial charge >= 0.3 is 0 Å². The second kappa shape index (κ2) is 8.48. The number of aromatic amines is 1. The molecule has 1 aromatic heterocycles. The largest absolute Gasteiger partial charge is 0.347 e. The van der Waals surface area contributed by atoms with Crippen LogP contribution in [0.25, 0.3) is 0 Å². The van der Waals surface area contributed by atoms with Crippen molar-refractivity contribution in [2.75, 3.05) is 13.1 Å². The monoisotopic (exact) mass is 314 g/mol. The fourth-order valence-corrected chi connectivity index (χ4v) is 2.48. The van der Waals surface area contributed by atoms with Crippen molar-refractivity contribution in [1.29, 1.82) is 0 Å². The summed E-state index contributed by atoms with van der Waals surface area (Å²) in [5.41, 5.74) is 3.79. The highest BCUT2D eigenvalue weighted by atomic mass is 16.1. The second-order valence-electron chi connectivity index (χ2n) is 5.60. The lowest BCUT2D eigenvalue weighted by Gasteiger charge is -2.18. The molecule has 0 fully saturated rings. The van der Waals surface area contributed by atoms with Crippen molar-refractivity contribution >= 4 is 5.91 Å². The van der Waals surface area contributed by atoms with Gasteiger partial charge < -0.3 is 5.32 Å². The highest BCUT2D eigenvalue weighted by Crippen LogP contribution is 2.09. The van der Waals surface area contributed by atoms with Crippen molar-refractivity contribution in [2.45, 2.75) is 40.3 Å². The average Bonchev–Trinajstić information content (AvgIpc) is 3.07. The number of hydrogen-bond acceptors (Lipinski definition) is 3. The molecule has 23 heavy (non-hydrogen) atoms. The molecule has 0 spiro atoms. The highest BCUT2D eigenvalue weighted by molar-refractivity contribution is 5.92. The first kappa shape index (κ1) is 17.2. The van der Waals surface area contributed by atoms with Gasteiger partial charge in [0.05, 0.1) is 0 Å². The van der Waals surface area contributed by atoms with E-state index in [0.29, 0.717) is 12.2 Å². The van der Waals surface area contributed by atoms with Crippen molar-refractivity contribution in [2.24, 2.45) is 0 Å². The number of nitrogens with one attached hydrogen (secondary N) is 2. The van der Waals surface area contributed by atoms with Gasteiger partial charge in [0.1, 0.15) is 5.69 Å². The Morgan fingerprint density at radius 1 is 1.17 bits per heavy atom. The molecule has 5 nitrogen and oxygen atoms in total. The van der Waals surface area contributed by atoms with Crippen molar-refractivity contribution < 1.29 is 4.79 Å². The zero-order valence-corrected chi connectivity index (χ0v) is 14.2. The van der Waals surface area contributed by atoms with Crippen molar-refractivity contribution in [1.82, 2.24) is 20.4 Å². The molecule has 2 rings (SSSR count). The summed E-state index contributed by atoms with van der Waals surface area (Å²) in [5.74, 6) is -0.143. The topological polar surface area (TPSA) is 61.0 Å². The van der Waals surface area contributed by atoms with E-state index in [1.54, 1.807) is 6.07 Å². The van der Waals surface area contributed by atoms with Crippen LogP contribution in [0, 0.1) is 0 Å². The molecule has 0 bridgehead atoms. The predicted molar refractivity (Wildman–Crippen MR) is 92.2 cm³/mol. The van der Waals surface area contributed by atoms with Crippen LogP contribution in [0.15, 0.2) is 30.3 Å². The van der Waals surface area contributed by atoms with Crippen LogP contribution in [-0.4, -0.2) is 34.1 Å². The molecule has 0 aliphatic carbocycles. The zero-order chi connectivity index (χ0) is 16.7. The highest BCUT2D eigenvalue weighted by Gasteiger charge is 2.09. The minimum atomic E-state index is -0.143. The van der Waals surface area contributed by atoms with Crippen LogP contribution in [0.4, 0.5) is 0 Å². The Hall–Kier alpha value is -2.14. The molecule has 124 valence electrons. The van der Waals surface area contributed by atoms with Crippen LogP contribution >= 0.6 is 0 Å². The van der Waals surface area contributed by atoms with Gasteiger partial charge in [0.25, 0.3) is 5.91 Å². The van der Waals surface area contributed by atoms with Gasteiger partial charge in [0.2, 0.25) is 0 Å². The first-order valence-corrected chi connectivity index (χ1v) is 8.28. The number of rotatable bonds is 8. The summed E-state index contributed by atoms with van der Waals surface area (Å²) >= 11 is 0. The number of carbonyl (C=O) groups is 1. The number of amides is 1. The van der Waals surface area contributed by atoms with Crippen LogP contribution < -0.4 is 5.32 Å². The van der Waals surface area contributed by atoms with E-state index in [-0.39, 0.29) is 5.91 Å². The quantitative estimate of drug-likeness (QED) is 0.787. The maximum atomic E-state index is 12.1. The predicted octanol–water partition coefficient (Wildman–Crippen LogP) is 2.74. The molecule has 0 radical (unpaired) electrons. The van der Waals surface area contributed by atoms with E-state index < -0.39 is 0 Å². The molecule has 2 aromatic rings. The third-order valence-corrected chi connectivity index (χ3v) is 3.99. The molecular weight excluding hydrogens is 288 g/mol. The van der Waals surface area contributed by atoms with Gasteiger partial charge in [-0.1, -0.05) is 45.0 Å². The van der Waals surface area contributed by atoms with E-state index in [2.05, 4.69) is 46.4 Å². The standard InChI is InChI=1S/C18H26N4O/c1-4-16-11-17(21-20-16)18(23)19-12-14-8-7-9-15(10-14)13-22(5-2)6-3/h7-11H,4-6,12-13H2,1-3H3,(H,19,23)(H,20,21). The van der Waals surface area contributed by atoms with Gasteiger partial charge in [-0.15, -0.1) is 0 Å². The minimum Gasteiger partial charge on any atom is -0.347 e. The Kier molecular flexibility index (Phi) is 6.35. The summed E-state index contributed by atoms with van der Waals surface area (Å²) in [7, 11) is 0. The number of benzene rings is 1. The fraction of sp³-hybridized carbons (Fsp3) is 0.444. The first-order valence-electron chi connectivity index (χ1n) is 8.28. The lowest BCUT2D eigenvalue weighted by Crippen LogP contribution is -2.24. The molecule has 5 heteroatoms. The number of aromatic nitrogens is 2. The Bertz CT molecular complexity index is 631. The van der Waals surface area contributed by atoms with Crippen LogP contribution in [0.1, 0.15) is 48.1 Å². The summed E-state index contributed by atoms with van der Waals surface area (Å²) in [6.07, 6.45) is 0.841. The molecule has 0 aliphatic heterocycles. The van der Waals surface area contributed by atoms with Gasteiger partial charge in [0.15, 0.2) is 0 Å². The molecule has 0 unspecified atom stereocenters. The first-order chi connectivity index (χ1) is 11.2. The van der Waals surface area contributed by atoms with Gasteiger partial charge in [-0.05, 0) is 36.7 Å². The molecule has 1 heterocycles. The van der Waals surface area contributed by atoms with Crippen LogP contribution in [0.5, 0.6) is 0 Å². The Morgan fingerprint density at radius 2 is 1.91 bits per heavy atom. The normalized spacial score (nSPS) is 11.0. The van der Waals surface area contributed by atoms with E-state index in [1.165, 1.54) is 5.56 Å². The van der Waals surface area contributed by atoms with E-state index in [4.69, 9.17) is 0 Å². The smallest absolute Gasteiger partial charge is 0.272 e. The molecule has 0 aliphatic rings. The fourth-order valence-electron chi connectivity index (χ4n) is 2.48. The second-order valence-corrected chi connectivity index (χ2v) is 5.60. The Morgan fingerprint density at radius 3 is 2.57 bits per heavy atom. The van der Waals surface area contributed by atoms with Crippen molar-refractivity contribution in [3.05, 3.63) is 52.8 Å². The minimum absolute atomic E-state index is 0.143. The average molecular weight is 314 g/mol. The van der Waals surface area contributed by atoms with E-state index in [9.17, 15) is 4.79 Å². The zero-order valence-electron chi connectivity index (χ0n) is 14.2.